The average Bonchev–Trinajstić information content (AvgIpc) is 3.26. The number of hydrogen-bond donors (Lipinski definition) is 2. The zero-order chi connectivity index (χ0) is 22.3. The van der Waals surface area contributed by atoms with Gasteiger partial charge in [0, 0.05) is 55.7 Å². The number of nitrogens with one attached hydrogen (secondary N) is 2. The number of aryl methyl sites for hydroxylation is 1. The number of benzene rings is 1. The summed E-state index contributed by atoms with van der Waals surface area (Å²) in [7, 11) is -3.26. The van der Waals surface area contributed by atoms with Gasteiger partial charge in [-0.15, -0.1) is 0 Å². The van der Waals surface area contributed by atoms with Crippen molar-refractivity contribution in [3.05, 3.63) is 48.5 Å². The fourth-order valence-corrected chi connectivity index (χ4v) is 4.97. The van der Waals surface area contributed by atoms with E-state index in [1.54, 1.807) is 47.9 Å². The first-order valence-corrected chi connectivity index (χ1v) is 12.2. The number of piperidine rings is 1. The van der Waals surface area contributed by atoms with E-state index in [0.717, 1.165) is 0 Å². The number of likely N-dealkylation sites (tertiary alicyclic amines) is 1. The highest BCUT2D eigenvalue weighted by molar-refractivity contribution is 7.89. The van der Waals surface area contributed by atoms with Crippen molar-refractivity contribution in [3.63, 3.8) is 0 Å². The predicted molar refractivity (Wildman–Crippen MR) is 118 cm³/mol. The van der Waals surface area contributed by atoms with Crippen molar-refractivity contribution >= 4 is 27.5 Å². The maximum atomic E-state index is 12.9. The molecule has 10 heteroatoms. The van der Waals surface area contributed by atoms with E-state index in [4.69, 9.17) is 0 Å². The molecule has 31 heavy (non-hydrogen) atoms. The molecule has 1 aliphatic heterocycles. The molecule has 168 valence electrons. The fraction of sp³-hybridized carbons (Fsp3) is 0.476. The second-order valence-electron chi connectivity index (χ2n) is 7.68. The van der Waals surface area contributed by atoms with Crippen LogP contribution in [0.1, 0.15) is 43.0 Å². The minimum Gasteiger partial charge on any atom is -0.339 e. The lowest BCUT2D eigenvalue weighted by molar-refractivity contribution is -0.116. The zero-order valence-electron chi connectivity index (χ0n) is 17.7. The van der Waals surface area contributed by atoms with Gasteiger partial charge in [-0.25, -0.2) is 18.1 Å². The zero-order valence-corrected chi connectivity index (χ0v) is 18.5. The van der Waals surface area contributed by atoms with E-state index in [-0.39, 0.29) is 23.6 Å². The van der Waals surface area contributed by atoms with Crippen molar-refractivity contribution in [3.8, 4) is 0 Å². The van der Waals surface area contributed by atoms with E-state index >= 15 is 0 Å². The Morgan fingerprint density at radius 3 is 2.68 bits per heavy atom. The molecule has 0 saturated carbocycles. The third kappa shape index (κ3) is 6.90. The van der Waals surface area contributed by atoms with Gasteiger partial charge in [0.25, 0.3) is 5.91 Å². The van der Waals surface area contributed by atoms with E-state index in [2.05, 4.69) is 15.0 Å². The first-order chi connectivity index (χ1) is 14.9. The number of nitrogens with zero attached hydrogens (tertiary/aromatic N) is 3. The normalized spacial score (nSPS) is 15.1. The summed E-state index contributed by atoms with van der Waals surface area (Å²) in [5.74, 6) is -0.143. The molecule has 1 aromatic carbocycles. The molecule has 1 fully saturated rings. The number of hydrogen-bond acceptors (Lipinski definition) is 5. The Labute approximate surface area is 182 Å². The van der Waals surface area contributed by atoms with Gasteiger partial charge in [0.1, 0.15) is 0 Å². The van der Waals surface area contributed by atoms with E-state index in [0.29, 0.717) is 56.6 Å². The summed E-state index contributed by atoms with van der Waals surface area (Å²) in [6.07, 6.45) is 7.16. The van der Waals surface area contributed by atoms with Crippen LogP contribution in [-0.2, 0) is 21.4 Å². The molecule has 1 aliphatic rings. The van der Waals surface area contributed by atoms with Gasteiger partial charge in [-0.05, 0) is 37.5 Å². The van der Waals surface area contributed by atoms with E-state index < -0.39 is 10.0 Å². The summed E-state index contributed by atoms with van der Waals surface area (Å²) in [5.41, 5.74) is 1.07. The molecular formula is C21H29N5O4S. The summed E-state index contributed by atoms with van der Waals surface area (Å²) < 4.78 is 28.4. The van der Waals surface area contributed by atoms with Gasteiger partial charge in [-0.2, -0.15) is 0 Å². The van der Waals surface area contributed by atoms with Crippen LogP contribution in [0, 0.1) is 0 Å². The van der Waals surface area contributed by atoms with Crippen LogP contribution >= 0.6 is 0 Å². The Balaban J connectivity index is 1.51. The van der Waals surface area contributed by atoms with Crippen LogP contribution in [0.25, 0.3) is 0 Å². The highest BCUT2D eigenvalue weighted by Gasteiger charge is 2.26. The van der Waals surface area contributed by atoms with Crippen molar-refractivity contribution in [2.75, 3.05) is 24.2 Å². The smallest absolute Gasteiger partial charge is 0.253 e. The third-order valence-corrected chi connectivity index (χ3v) is 6.79. The molecule has 0 unspecified atom stereocenters. The molecule has 3 rings (SSSR count). The largest absolute Gasteiger partial charge is 0.339 e. The monoisotopic (exact) mass is 447 g/mol. The standard InChI is InChI=1S/C21H29N5O4S/c1-2-14-31(29,30)24-18-6-11-26(12-7-18)21(28)17-4-3-5-19(15-17)23-20(27)8-10-25-13-9-22-16-25/h3-5,9,13,15-16,18,24H,2,6-8,10-12,14H2,1H3,(H,23,27). The number of rotatable bonds is 9. The Morgan fingerprint density at radius 2 is 2.00 bits per heavy atom. The Kier molecular flexibility index (Phi) is 7.80. The number of carbonyl (C=O) groups excluding carboxylic acids is 2. The van der Waals surface area contributed by atoms with Crippen molar-refractivity contribution in [1.82, 2.24) is 19.2 Å². The molecule has 0 bridgehead atoms. The first-order valence-electron chi connectivity index (χ1n) is 10.5. The Bertz CT molecular complexity index is 983. The Hall–Kier alpha value is -2.72. The minimum absolute atomic E-state index is 0.118. The van der Waals surface area contributed by atoms with Crippen LogP contribution in [0.2, 0.25) is 0 Å². The SMILES string of the molecule is CCCS(=O)(=O)NC1CCN(C(=O)c2cccc(NC(=O)CCn3ccnc3)c2)CC1. The lowest BCUT2D eigenvalue weighted by atomic mass is 10.0. The van der Waals surface area contributed by atoms with Crippen molar-refractivity contribution in [2.24, 2.45) is 0 Å². The lowest BCUT2D eigenvalue weighted by Gasteiger charge is -2.32. The maximum absolute atomic E-state index is 12.9. The summed E-state index contributed by atoms with van der Waals surface area (Å²) in [5, 5.41) is 2.83. The van der Waals surface area contributed by atoms with Crippen LogP contribution in [0.5, 0.6) is 0 Å². The molecule has 0 atom stereocenters. The molecule has 0 aliphatic carbocycles. The molecular weight excluding hydrogens is 418 g/mol. The van der Waals surface area contributed by atoms with Gasteiger partial charge in [-0.1, -0.05) is 13.0 Å². The number of imidazole rings is 1. The number of anilines is 1. The summed E-state index contributed by atoms with van der Waals surface area (Å²) >= 11 is 0. The molecule has 0 spiro atoms. The summed E-state index contributed by atoms with van der Waals surface area (Å²) in [4.78, 5) is 30.7. The van der Waals surface area contributed by atoms with Crippen molar-refractivity contribution < 1.29 is 18.0 Å². The van der Waals surface area contributed by atoms with Crippen molar-refractivity contribution in [1.29, 1.82) is 0 Å². The van der Waals surface area contributed by atoms with E-state index in [1.807, 2.05) is 11.5 Å². The van der Waals surface area contributed by atoms with Gasteiger partial charge in [-0.3, -0.25) is 9.59 Å². The average molecular weight is 448 g/mol. The number of sulfonamides is 1. The Morgan fingerprint density at radius 1 is 1.23 bits per heavy atom. The van der Waals surface area contributed by atoms with Crippen molar-refractivity contribution in [2.45, 2.75) is 45.2 Å². The first kappa shape index (κ1) is 23.0. The molecule has 0 radical (unpaired) electrons. The summed E-state index contributed by atoms with van der Waals surface area (Å²) in [6.45, 7) is 3.33. The van der Waals surface area contributed by atoms with Gasteiger partial charge in [0.15, 0.2) is 0 Å². The molecule has 9 nitrogen and oxygen atoms in total. The fourth-order valence-electron chi connectivity index (χ4n) is 3.57. The quantitative estimate of drug-likeness (QED) is 0.609. The second-order valence-corrected chi connectivity index (χ2v) is 9.56. The number of amides is 2. The van der Waals surface area contributed by atoms with Gasteiger partial charge < -0.3 is 14.8 Å². The van der Waals surface area contributed by atoms with Gasteiger partial charge in [0.2, 0.25) is 15.9 Å². The second kappa shape index (κ2) is 10.5. The number of aromatic nitrogens is 2. The minimum atomic E-state index is -3.26. The molecule has 1 saturated heterocycles. The highest BCUT2D eigenvalue weighted by atomic mass is 32.2. The van der Waals surface area contributed by atoms with E-state index in [9.17, 15) is 18.0 Å². The molecule has 2 aromatic rings. The lowest BCUT2D eigenvalue weighted by Crippen LogP contribution is -2.47. The molecule has 1 aromatic heterocycles. The van der Waals surface area contributed by atoms with Crippen LogP contribution in [0.3, 0.4) is 0 Å². The van der Waals surface area contributed by atoms with Gasteiger partial charge in [0.05, 0.1) is 12.1 Å². The van der Waals surface area contributed by atoms with Crippen LogP contribution in [0.4, 0.5) is 5.69 Å². The summed E-state index contributed by atoms with van der Waals surface area (Å²) in [6, 6.07) is 6.75. The number of carbonyl (C=O) groups is 2. The van der Waals surface area contributed by atoms with Gasteiger partial charge >= 0.3 is 0 Å². The topological polar surface area (TPSA) is 113 Å². The van der Waals surface area contributed by atoms with Crippen LogP contribution in [0.15, 0.2) is 43.0 Å². The highest BCUT2D eigenvalue weighted by Crippen LogP contribution is 2.18. The predicted octanol–water partition coefficient (Wildman–Crippen LogP) is 1.85. The molecule has 2 N–H and O–H groups in total. The molecule has 2 amide bonds. The maximum Gasteiger partial charge on any atom is 0.253 e. The van der Waals surface area contributed by atoms with E-state index in [1.165, 1.54) is 0 Å². The third-order valence-electron chi connectivity index (χ3n) is 5.15. The molecule has 2 heterocycles. The van der Waals surface area contributed by atoms with Crippen LogP contribution < -0.4 is 10.0 Å². The van der Waals surface area contributed by atoms with Crippen LogP contribution in [-0.4, -0.2) is 59.6 Å².